The third-order valence-corrected chi connectivity index (χ3v) is 1.82. The first-order chi connectivity index (χ1) is 8.95. The summed E-state index contributed by atoms with van der Waals surface area (Å²) in [5.41, 5.74) is -4.10. The van der Waals surface area contributed by atoms with Crippen LogP contribution in [-0.4, -0.2) is 23.4 Å². The minimum absolute atomic E-state index is 0.237. The van der Waals surface area contributed by atoms with Crippen molar-refractivity contribution < 1.29 is 40.7 Å². The molecule has 0 unspecified atom stereocenters. The molecule has 0 saturated carbocycles. The molecule has 0 radical (unpaired) electrons. The molecule has 1 heterocycles. The summed E-state index contributed by atoms with van der Waals surface area (Å²) in [6.07, 6.45) is -10.8. The van der Waals surface area contributed by atoms with Crippen LogP contribution in [-0.2, 0) is 6.18 Å². The molecule has 0 aliphatic heterocycles. The van der Waals surface area contributed by atoms with E-state index in [9.17, 15) is 36.5 Å². The Hall–Kier alpha value is -2.27. The largest absolute Gasteiger partial charge is 0.573 e. The fraction of sp³-hybridized carbons (Fsp3) is 0.375. The summed E-state index contributed by atoms with van der Waals surface area (Å²) < 4.78 is 81.4. The van der Waals surface area contributed by atoms with Gasteiger partial charge in [0, 0.05) is 0 Å². The van der Waals surface area contributed by atoms with Crippen molar-refractivity contribution >= 4 is 5.69 Å². The molecule has 0 fully saturated rings. The van der Waals surface area contributed by atoms with Crippen molar-refractivity contribution in [3.8, 4) is 11.6 Å². The lowest BCUT2D eigenvalue weighted by molar-refractivity contribution is -0.392. The van der Waals surface area contributed by atoms with Crippen LogP contribution in [0.5, 0.6) is 11.6 Å². The zero-order valence-corrected chi connectivity index (χ0v) is 9.37. The maximum absolute atomic E-state index is 12.6. The Labute approximate surface area is 106 Å². The van der Waals surface area contributed by atoms with E-state index in [1.807, 2.05) is 0 Å². The van der Waals surface area contributed by atoms with Gasteiger partial charge in [0.2, 0.25) is 17.3 Å². The molecule has 1 aromatic heterocycles. The zero-order chi connectivity index (χ0) is 15.7. The van der Waals surface area contributed by atoms with Crippen molar-refractivity contribution in [2.45, 2.75) is 12.5 Å². The Morgan fingerprint density at radius 3 is 2.15 bits per heavy atom. The molecule has 0 aliphatic carbocycles. The summed E-state index contributed by atoms with van der Waals surface area (Å²) in [5, 5.41) is 10.6. The number of hydrogen-bond donors (Lipinski definition) is 0. The van der Waals surface area contributed by atoms with E-state index in [-0.39, 0.29) is 6.07 Å². The molecule has 0 atom stereocenters. The number of rotatable bonds is 3. The van der Waals surface area contributed by atoms with Gasteiger partial charge in [0.1, 0.15) is 0 Å². The van der Waals surface area contributed by atoms with Gasteiger partial charge in [-0.2, -0.15) is 13.2 Å². The van der Waals surface area contributed by atoms with Crippen molar-refractivity contribution in [1.29, 1.82) is 0 Å². The van der Waals surface area contributed by atoms with E-state index in [0.29, 0.717) is 0 Å². The highest BCUT2D eigenvalue weighted by molar-refractivity contribution is 5.53. The normalized spacial score (nSPS) is 12.2. The van der Waals surface area contributed by atoms with Gasteiger partial charge in [0.15, 0.2) is 0 Å². The molecule has 112 valence electrons. The second kappa shape index (κ2) is 5.02. The maximum atomic E-state index is 12.6. The van der Waals surface area contributed by atoms with Crippen molar-refractivity contribution in [3.63, 3.8) is 0 Å². The monoisotopic (exact) mass is 306 g/mol. The highest BCUT2D eigenvalue weighted by Gasteiger charge is 2.45. The van der Waals surface area contributed by atoms with Crippen LogP contribution in [0.2, 0.25) is 0 Å². The van der Waals surface area contributed by atoms with Gasteiger partial charge in [0.05, 0.1) is 18.1 Å². The first-order valence-electron chi connectivity index (χ1n) is 4.52. The number of ether oxygens (including phenoxy) is 2. The molecule has 0 amide bonds. The van der Waals surface area contributed by atoms with Crippen LogP contribution in [0.25, 0.3) is 0 Å². The highest BCUT2D eigenvalue weighted by Crippen LogP contribution is 2.43. The second-order valence-corrected chi connectivity index (χ2v) is 3.16. The first-order valence-corrected chi connectivity index (χ1v) is 4.52. The van der Waals surface area contributed by atoms with Gasteiger partial charge in [0.25, 0.3) is 0 Å². The summed E-state index contributed by atoms with van der Waals surface area (Å²) in [7, 11) is 0.825. The third-order valence-electron chi connectivity index (χ3n) is 1.82. The van der Waals surface area contributed by atoms with Gasteiger partial charge in [-0.15, -0.1) is 13.2 Å². The summed E-state index contributed by atoms with van der Waals surface area (Å²) >= 11 is 0. The zero-order valence-electron chi connectivity index (χ0n) is 9.37. The summed E-state index contributed by atoms with van der Waals surface area (Å²) in [6, 6.07) is 0.237. The topological polar surface area (TPSA) is 74.5 Å². The fourth-order valence-corrected chi connectivity index (χ4v) is 1.17. The van der Waals surface area contributed by atoms with Crippen LogP contribution in [0.15, 0.2) is 6.07 Å². The van der Waals surface area contributed by atoms with Crippen LogP contribution in [0.3, 0.4) is 0 Å². The molecule has 0 aromatic carbocycles. The number of nitrogens with zero attached hydrogens (tertiary/aromatic N) is 2. The van der Waals surface area contributed by atoms with Gasteiger partial charge in [-0.3, -0.25) is 10.1 Å². The van der Waals surface area contributed by atoms with Crippen molar-refractivity contribution in [2.24, 2.45) is 0 Å². The van der Waals surface area contributed by atoms with E-state index in [1.165, 1.54) is 0 Å². The van der Waals surface area contributed by atoms with Crippen molar-refractivity contribution in [2.75, 3.05) is 7.11 Å². The van der Waals surface area contributed by atoms with Crippen LogP contribution in [0.4, 0.5) is 32.0 Å². The number of alkyl halides is 6. The fourth-order valence-electron chi connectivity index (χ4n) is 1.17. The smallest absolute Gasteiger partial charge is 0.481 e. The molecule has 1 aromatic rings. The van der Waals surface area contributed by atoms with E-state index in [0.717, 1.165) is 7.11 Å². The molecular formula is C8H4F6N2O4. The Morgan fingerprint density at radius 2 is 1.80 bits per heavy atom. The predicted molar refractivity (Wildman–Crippen MR) is 49.1 cm³/mol. The molecule has 6 nitrogen and oxygen atoms in total. The summed E-state index contributed by atoms with van der Waals surface area (Å²) in [5.74, 6) is -2.58. The first kappa shape index (κ1) is 15.8. The lowest BCUT2D eigenvalue weighted by atomic mass is 10.2. The molecule has 20 heavy (non-hydrogen) atoms. The molecular weight excluding hydrogens is 302 g/mol. The lowest BCUT2D eigenvalue weighted by Crippen LogP contribution is -2.20. The Bertz CT molecular complexity index is 527. The molecule has 0 saturated heterocycles. The number of nitro groups is 1. The van der Waals surface area contributed by atoms with E-state index >= 15 is 0 Å². The van der Waals surface area contributed by atoms with Crippen LogP contribution in [0, 0.1) is 10.1 Å². The number of methoxy groups -OCH3 is 1. The van der Waals surface area contributed by atoms with Gasteiger partial charge in [-0.1, -0.05) is 0 Å². The van der Waals surface area contributed by atoms with Gasteiger partial charge >= 0.3 is 18.2 Å². The van der Waals surface area contributed by atoms with Gasteiger partial charge < -0.3 is 9.47 Å². The summed E-state index contributed by atoms with van der Waals surface area (Å²) in [6.45, 7) is 0. The number of pyridine rings is 1. The number of halogens is 6. The van der Waals surface area contributed by atoms with Crippen LogP contribution >= 0.6 is 0 Å². The molecule has 0 bridgehead atoms. The number of aromatic nitrogens is 1. The molecule has 12 heteroatoms. The average Bonchev–Trinajstić information content (AvgIpc) is 2.23. The lowest BCUT2D eigenvalue weighted by Gasteiger charge is -2.13. The standard InChI is InChI=1S/C8H4F6N2O4/c1-19-4-2-3(20-8(12,13)14)5(16(17)18)6(15-4)7(9,10)11/h2H,1H3. The van der Waals surface area contributed by atoms with Crippen molar-refractivity contribution in [3.05, 3.63) is 21.9 Å². The predicted octanol–water partition coefficient (Wildman–Crippen LogP) is 2.92. The van der Waals surface area contributed by atoms with E-state index in [1.54, 1.807) is 0 Å². The Balaban J connectivity index is 3.59. The van der Waals surface area contributed by atoms with E-state index in [4.69, 9.17) is 0 Å². The Morgan fingerprint density at radius 1 is 1.25 bits per heavy atom. The maximum Gasteiger partial charge on any atom is 0.573 e. The molecule has 0 N–H and O–H groups in total. The van der Waals surface area contributed by atoms with Crippen LogP contribution < -0.4 is 9.47 Å². The summed E-state index contributed by atoms with van der Waals surface area (Å²) in [4.78, 5) is 11.6. The Kier molecular flexibility index (Phi) is 3.96. The highest BCUT2D eigenvalue weighted by atomic mass is 19.4. The quantitative estimate of drug-likeness (QED) is 0.487. The second-order valence-electron chi connectivity index (χ2n) is 3.16. The van der Waals surface area contributed by atoms with Gasteiger partial charge in [-0.05, 0) is 0 Å². The van der Waals surface area contributed by atoms with E-state index in [2.05, 4.69) is 14.5 Å². The van der Waals surface area contributed by atoms with Crippen molar-refractivity contribution in [1.82, 2.24) is 4.98 Å². The molecule has 0 spiro atoms. The number of hydrogen-bond acceptors (Lipinski definition) is 5. The van der Waals surface area contributed by atoms with Crippen LogP contribution in [0.1, 0.15) is 5.69 Å². The van der Waals surface area contributed by atoms with E-state index < -0.39 is 40.5 Å². The third kappa shape index (κ3) is 3.61. The minimum Gasteiger partial charge on any atom is -0.481 e. The minimum atomic E-state index is -5.42. The molecule has 1 rings (SSSR count). The van der Waals surface area contributed by atoms with Gasteiger partial charge in [-0.25, -0.2) is 4.98 Å². The average molecular weight is 306 g/mol. The SMILES string of the molecule is COc1cc(OC(F)(F)F)c([N+](=O)[O-])c(C(F)(F)F)n1. The molecule has 0 aliphatic rings.